The number of hydrogen-bond donors (Lipinski definition) is 1. The second-order valence-electron chi connectivity index (χ2n) is 4.62. The van der Waals surface area contributed by atoms with E-state index in [1.165, 1.54) is 18.2 Å². The molecule has 0 saturated carbocycles. The van der Waals surface area contributed by atoms with Gasteiger partial charge in [0.15, 0.2) is 0 Å². The minimum absolute atomic E-state index is 0.00427. The first-order chi connectivity index (χ1) is 10.1. The van der Waals surface area contributed by atoms with Gasteiger partial charge in [-0.1, -0.05) is 18.5 Å². The van der Waals surface area contributed by atoms with Crippen molar-refractivity contribution in [1.29, 1.82) is 0 Å². The normalized spacial score (nSPS) is 10.7. The van der Waals surface area contributed by atoms with Crippen molar-refractivity contribution in [3.63, 3.8) is 0 Å². The highest BCUT2D eigenvalue weighted by atomic mass is 35.5. The van der Waals surface area contributed by atoms with Crippen LogP contribution in [-0.2, 0) is 6.54 Å². The molecule has 0 fully saturated rings. The molecule has 1 aromatic heterocycles. The summed E-state index contributed by atoms with van der Waals surface area (Å²) in [6, 6.07) is 4.34. The lowest BCUT2D eigenvalue weighted by Crippen LogP contribution is -2.15. The largest absolute Gasteiger partial charge is 0.424 e. The smallest absolute Gasteiger partial charge is 0.322 e. The van der Waals surface area contributed by atoms with Gasteiger partial charge in [0.2, 0.25) is 0 Å². The molecule has 0 aliphatic heterocycles. The molecule has 4 nitrogen and oxygen atoms in total. The maximum Gasteiger partial charge on any atom is 0.322 e. The van der Waals surface area contributed by atoms with E-state index >= 15 is 0 Å². The van der Waals surface area contributed by atoms with Gasteiger partial charge in [-0.25, -0.2) is 9.37 Å². The van der Waals surface area contributed by atoms with Crippen LogP contribution in [0.25, 0.3) is 0 Å². The number of rotatable bonds is 6. The number of ether oxygens (including phenoxy) is 1. The summed E-state index contributed by atoms with van der Waals surface area (Å²) in [5, 5.41) is 3.30. The highest BCUT2D eigenvalue weighted by molar-refractivity contribution is 6.30. The molecule has 1 N–H and O–H groups in total. The van der Waals surface area contributed by atoms with Crippen LogP contribution in [0.5, 0.6) is 11.8 Å². The van der Waals surface area contributed by atoms with Gasteiger partial charge in [0, 0.05) is 30.1 Å². The fourth-order valence-corrected chi connectivity index (χ4v) is 1.91. The number of aryl methyl sites for hydroxylation is 1. The van der Waals surface area contributed by atoms with Gasteiger partial charge >= 0.3 is 6.01 Å². The van der Waals surface area contributed by atoms with Gasteiger partial charge in [0.25, 0.3) is 0 Å². The second-order valence-corrected chi connectivity index (χ2v) is 5.03. The van der Waals surface area contributed by atoms with Crippen molar-refractivity contribution in [3.05, 3.63) is 46.5 Å². The van der Waals surface area contributed by atoms with Crippen molar-refractivity contribution in [3.8, 4) is 11.8 Å². The molecule has 1 heterocycles. The Bertz CT molecular complexity index is 622. The van der Waals surface area contributed by atoms with Gasteiger partial charge in [0.1, 0.15) is 11.6 Å². The zero-order valence-corrected chi connectivity index (χ0v) is 12.7. The zero-order valence-electron chi connectivity index (χ0n) is 12.0. The Labute approximate surface area is 128 Å². The summed E-state index contributed by atoms with van der Waals surface area (Å²) < 4.78 is 18.6. The number of benzene rings is 1. The maximum absolute atomic E-state index is 13.1. The van der Waals surface area contributed by atoms with E-state index < -0.39 is 5.82 Å². The van der Waals surface area contributed by atoms with Crippen molar-refractivity contribution < 1.29 is 9.13 Å². The van der Waals surface area contributed by atoms with Crippen LogP contribution in [0.3, 0.4) is 0 Å². The highest BCUT2D eigenvalue weighted by Crippen LogP contribution is 2.24. The lowest BCUT2D eigenvalue weighted by atomic mass is 10.2. The van der Waals surface area contributed by atoms with Crippen molar-refractivity contribution in [2.45, 2.75) is 26.8 Å². The quantitative estimate of drug-likeness (QED) is 0.823. The van der Waals surface area contributed by atoms with Crippen molar-refractivity contribution >= 4 is 11.6 Å². The van der Waals surface area contributed by atoms with Gasteiger partial charge < -0.3 is 10.1 Å². The number of aromatic nitrogens is 2. The zero-order chi connectivity index (χ0) is 15.2. The topological polar surface area (TPSA) is 47.0 Å². The average Bonchev–Trinajstić information content (AvgIpc) is 2.45. The lowest BCUT2D eigenvalue weighted by Gasteiger charge is -2.09. The highest BCUT2D eigenvalue weighted by Gasteiger charge is 2.07. The Morgan fingerprint density at radius 3 is 2.86 bits per heavy atom. The van der Waals surface area contributed by atoms with Crippen molar-refractivity contribution in [2.24, 2.45) is 0 Å². The fraction of sp³-hybridized carbons (Fsp3) is 0.333. The fourth-order valence-electron chi connectivity index (χ4n) is 1.74. The molecule has 1 aromatic carbocycles. The molecule has 0 bridgehead atoms. The molecule has 0 saturated heterocycles. The summed E-state index contributed by atoms with van der Waals surface area (Å²) >= 11 is 5.70. The van der Waals surface area contributed by atoms with E-state index in [0.29, 0.717) is 5.75 Å². The summed E-state index contributed by atoms with van der Waals surface area (Å²) in [5.74, 6) is -0.0869. The number of halogens is 2. The van der Waals surface area contributed by atoms with E-state index in [-0.39, 0.29) is 11.0 Å². The summed E-state index contributed by atoms with van der Waals surface area (Å²) in [4.78, 5) is 8.44. The molecule has 112 valence electrons. The Morgan fingerprint density at radius 2 is 2.19 bits per heavy atom. The average molecular weight is 310 g/mol. The molecule has 0 radical (unpaired) electrons. The molecular weight excluding hydrogens is 293 g/mol. The Hall–Kier alpha value is -1.72. The minimum Gasteiger partial charge on any atom is -0.424 e. The molecule has 21 heavy (non-hydrogen) atoms. The van der Waals surface area contributed by atoms with Crippen LogP contribution in [0.15, 0.2) is 24.4 Å². The summed E-state index contributed by atoms with van der Waals surface area (Å²) in [7, 11) is 0. The van der Waals surface area contributed by atoms with Crippen LogP contribution in [0.1, 0.15) is 24.6 Å². The molecule has 2 aromatic rings. The molecule has 2 rings (SSSR count). The lowest BCUT2D eigenvalue weighted by molar-refractivity contribution is 0.437. The summed E-state index contributed by atoms with van der Waals surface area (Å²) in [6.07, 6.45) is 2.80. The van der Waals surface area contributed by atoms with Gasteiger partial charge in [-0.05, 0) is 32.0 Å². The minimum atomic E-state index is -0.488. The number of hydrogen-bond acceptors (Lipinski definition) is 4. The van der Waals surface area contributed by atoms with Gasteiger partial charge in [-0.3, -0.25) is 0 Å². The Kier molecular flexibility index (Phi) is 5.47. The SMILES string of the molecule is CCCNCc1cnc(Oc2ccc(F)c(Cl)c2)nc1C. The third kappa shape index (κ3) is 4.37. The van der Waals surface area contributed by atoms with Crippen LogP contribution in [0, 0.1) is 12.7 Å². The Morgan fingerprint density at radius 1 is 1.38 bits per heavy atom. The first kappa shape index (κ1) is 15.7. The van der Waals surface area contributed by atoms with E-state index in [1.54, 1.807) is 6.20 Å². The van der Waals surface area contributed by atoms with E-state index in [9.17, 15) is 4.39 Å². The maximum atomic E-state index is 13.1. The van der Waals surface area contributed by atoms with Crippen LogP contribution in [-0.4, -0.2) is 16.5 Å². The second kappa shape index (κ2) is 7.33. The van der Waals surface area contributed by atoms with Crippen molar-refractivity contribution in [1.82, 2.24) is 15.3 Å². The monoisotopic (exact) mass is 309 g/mol. The van der Waals surface area contributed by atoms with E-state index in [1.807, 2.05) is 6.92 Å². The molecule has 6 heteroatoms. The molecule has 0 amide bonds. The molecule has 0 aliphatic rings. The van der Waals surface area contributed by atoms with Gasteiger partial charge in [-0.2, -0.15) is 4.98 Å². The van der Waals surface area contributed by atoms with E-state index in [4.69, 9.17) is 16.3 Å². The van der Waals surface area contributed by atoms with Gasteiger partial charge in [-0.15, -0.1) is 0 Å². The molecule has 0 unspecified atom stereocenters. The standard InChI is InChI=1S/C15H17ClFN3O/c1-3-6-18-8-11-9-19-15(20-10(11)2)21-12-4-5-14(17)13(16)7-12/h4-5,7,9,18H,3,6,8H2,1-2H3. The van der Waals surface area contributed by atoms with Crippen LogP contribution >= 0.6 is 11.6 Å². The first-order valence-electron chi connectivity index (χ1n) is 6.76. The third-order valence-corrected chi connectivity index (χ3v) is 3.19. The Balaban J connectivity index is 2.07. The molecule has 0 atom stereocenters. The summed E-state index contributed by atoms with van der Waals surface area (Å²) in [5.41, 5.74) is 1.87. The van der Waals surface area contributed by atoms with Crippen molar-refractivity contribution in [2.75, 3.05) is 6.54 Å². The number of nitrogens with one attached hydrogen (secondary N) is 1. The van der Waals surface area contributed by atoms with Gasteiger partial charge in [0.05, 0.1) is 5.02 Å². The van der Waals surface area contributed by atoms with E-state index in [0.717, 1.165) is 30.8 Å². The first-order valence-corrected chi connectivity index (χ1v) is 7.14. The summed E-state index contributed by atoms with van der Waals surface area (Å²) in [6.45, 7) is 5.68. The van der Waals surface area contributed by atoms with Crippen LogP contribution in [0.4, 0.5) is 4.39 Å². The molecular formula is C15H17ClFN3O. The van der Waals surface area contributed by atoms with Crippen LogP contribution in [0.2, 0.25) is 5.02 Å². The van der Waals surface area contributed by atoms with E-state index in [2.05, 4.69) is 22.2 Å². The van der Waals surface area contributed by atoms with Crippen LogP contribution < -0.4 is 10.1 Å². The number of nitrogens with zero attached hydrogens (tertiary/aromatic N) is 2. The molecule has 0 spiro atoms. The predicted molar refractivity (Wildman–Crippen MR) is 80.3 cm³/mol. The molecule has 0 aliphatic carbocycles. The third-order valence-electron chi connectivity index (χ3n) is 2.90. The predicted octanol–water partition coefficient (Wildman–Crippen LogP) is 3.87.